The van der Waals surface area contributed by atoms with Crippen molar-refractivity contribution in [2.24, 2.45) is 0 Å². The summed E-state index contributed by atoms with van der Waals surface area (Å²) in [4.78, 5) is 23.1. The second-order valence-corrected chi connectivity index (χ2v) is 7.28. The van der Waals surface area contributed by atoms with E-state index in [0.29, 0.717) is 23.1 Å². The van der Waals surface area contributed by atoms with Crippen LogP contribution in [0.25, 0.3) is 28.2 Å². The Kier molecular flexibility index (Phi) is 7.29. The van der Waals surface area contributed by atoms with Gasteiger partial charge >= 0.3 is 18.4 Å². The fourth-order valence-electron chi connectivity index (χ4n) is 3.28. The fourth-order valence-corrected chi connectivity index (χ4v) is 3.28. The van der Waals surface area contributed by atoms with Gasteiger partial charge in [-0.3, -0.25) is 4.40 Å². The largest absolute Gasteiger partial charge is 0.419 e. The number of hydrogen-bond donors (Lipinski definition) is 3. The topological polar surface area (TPSA) is 110 Å². The van der Waals surface area contributed by atoms with E-state index in [-0.39, 0.29) is 29.6 Å². The van der Waals surface area contributed by atoms with Crippen LogP contribution in [0.4, 0.5) is 42.8 Å². The highest BCUT2D eigenvalue weighted by atomic mass is 35.5. The summed E-state index contributed by atoms with van der Waals surface area (Å²) in [6, 6.07) is 8.00. The molecule has 0 atom stereocenters. The Morgan fingerprint density at radius 1 is 1.00 bits per heavy atom. The minimum Gasteiger partial charge on any atom is -0.368 e. The number of nitrogens with one attached hydrogen (secondary N) is 2. The molecule has 4 aromatic rings. The van der Waals surface area contributed by atoms with Crippen molar-refractivity contribution in [3.63, 3.8) is 0 Å². The van der Waals surface area contributed by atoms with Gasteiger partial charge in [0, 0.05) is 29.2 Å². The molecular formula is C21H16ClF6N7O. The van der Waals surface area contributed by atoms with E-state index in [0.717, 1.165) is 0 Å². The number of hydrogen-bond acceptors (Lipinski definition) is 5. The van der Waals surface area contributed by atoms with Crippen LogP contribution >= 0.6 is 12.4 Å². The van der Waals surface area contributed by atoms with Crippen LogP contribution in [-0.2, 0) is 6.18 Å². The number of nitrogens with two attached hydrogens (primary N) is 1. The first-order valence-corrected chi connectivity index (χ1v) is 9.80. The number of benzene rings is 1. The third-order valence-corrected chi connectivity index (χ3v) is 4.77. The molecule has 0 aliphatic heterocycles. The second-order valence-electron chi connectivity index (χ2n) is 7.28. The lowest BCUT2D eigenvalue weighted by Crippen LogP contribution is -2.36. The number of alkyl halides is 6. The van der Waals surface area contributed by atoms with Crippen LogP contribution in [0.15, 0.2) is 55.0 Å². The van der Waals surface area contributed by atoms with E-state index in [9.17, 15) is 31.1 Å². The average Bonchev–Trinajstić information content (AvgIpc) is 3.20. The number of carbonyl (C=O) groups is 1. The number of pyridine rings is 1. The lowest BCUT2D eigenvalue weighted by atomic mass is 10.1. The summed E-state index contributed by atoms with van der Waals surface area (Å²) in [5, 5.41) is 4.01. The van der Waals surface area contributed by atoms with Gasteiger partial charge in [0.1, 0.15) is 17.8 Å². The molecule has 3 aromatic heterocycles. The van der Waals surface area contributed by atoms with Gasteiger partial charge in [-0.05, 0) is 24.3 Å². The van der Waals surface area contributed by atoms with E-state index in [1.807, 2.05) is 0 Å². The van der Waals surface area contributed by atoms with Gasteiger partial charge in [0.25, 0.3) is 0 Å². The van der Waals surface area contributed by atoms with E-state index in [1.54, 1.807) is 21.9 Å². The summed E-state index contributed by atoms with van der Waals surface area (Å²) in [6.45, 7) is -1.48. The van der Waals surface area contributed by atoms with Crippen LogP contribution in [-0.4, -0.2) is 38.1 Å². The molecule has 0 radical (unpaired) electrons. The molecular weight excluding hydrogens is 516 g/mol. The number of nitrogen functional groups attached to an aromatic ring is 1. The molecule has 0 saturated heterocycles. The molecule has 4 rings (SSSR count). The summed E-state index contributed by atoms with van der Waals surface area (Å²) in [5.41, 5.74) is 5.74. The Balaban J connectivity index is 0.00000361. The summed E-state index contributed by atoms with van der Waals surface area (Å²) in [5.74, 6) is -0.319. The van der Waals surface area contributed by atoms with Gasteiger partial charge in [-0.25, -0.2) is 19.7 Å². The Hall–Kier alpha value is -4.07. The lowest BCUT2D eigenvalue weighted by molar-refractivity contribution is -0.137. The Morgan fingerprint density at radius 2 is 1.75 bits per heavy atom. The smallest absolute Gasteiger partial charge is 0.368 e. The predicted molar refractivity (Wildman–Crippen MR) is 121 cm³/mol. The highest BCUT2D eigenvalue weighted by molar-refractivity contribution is 5.90. The number of imidazole rings is 1. The minimum absolute atomic E-state index is 0. The molecule has 190 valence electrons. The predicted octanol–water partition coefficient (Wildman–Crippen LogP) is 5.16. The molecule has 0 aliphatic rings. The zero-order chi connectivity index (χ0) is 25.4. The highest BCUT2D eigenvalue weighted by Gasteiger charge is 2.35. The number of amides is 2. The van der Waals surface area contributed by atoms with Gasteiger partial charge in [0.05, 0.1) is 17.6 Å². The van der Waals surface area contributed by atoms with Crippen molar-refractivity contribution < 1.29 is 31.1 Å². The van der Waals surface area contributed by atoms with Gasteiger partial charge in [-0.1, -0.05) is 12.1 Å². The summed E-state index contributed by atoms with van der Waals surface area (Å²) >= 11 is 0. The second kappa shape index (κ2) is 9.89. The van der Waals surface area contributed by atoms with Crippen LogP contribution in [0.1, 0.15) is 5.56 Å². The minimum atomic E-state index is -4.70. The quantitative estimate of drug-likeness (QED) is 0.315. The number of aromatic nitrogens is 4. The number of rotatable bonds is 4. The first kappa shape index (κ1) is 26.5. The summed E-state index contributed by atoms with van der Waals surface area (Å²) in [7, 11) is 0. The Labute approximate surface area is 205 Å². The van der Waals surface area contributed by atoms with E-state index in [4.69, 9.17) is 5.73 Å². The molecule has 15 heteroatoms. The number of carbonyl (C=O) groups excluding carboxylic acids is 1. The maximum atomic E-state index is 13.4. The van der Waals surface area contributed by atoms with Gasteiger partial charge in [-0.2, -0.15) is 26.3 Å². The van der Waals surface area contributed by atoms with Crippen LogP contribution in [0.3, 0.4) is 0 Å². The van der Waals surface area contributed by atoms with Gasteiger partial charge in [0.2, 0.25) is 5.95 Å². The third kappa shape index (κ3) is 5.94. The zero-order valence-electron chi connectivity index (χ0n) is 17.9. The molecule has 0 unspecified atom stereocenters. The van der Waals surface area contributed by atoms with E-state index < -0.39 is 36.2 Å². The third-order valence-electron chi connectivity index (χ3n) is 4.77. The lowest BCUT2D eigenvalue weighted by Gasteiger charge is -2.12. The monoisotopic (exact) mass is 531 g/mol. The number of urea groups is 1. The SMILES string of the molecule is Cl.Nc1ncc(C(F)(F)F)c(-c2ccn3c(-c4cccc(NC(=O)NCC(F)(F)F)c4)cnc3c2)n1. The van der Waals surface area contributed by atoms with Crippen molar-refractivity contribution in [2.45, 2.75) is 12.4 Å². The van der Waals surface area contributed by atoms with Crippen LogP contribution in [0.2, 0.25) is 0 Å². The van der Waals surface area contributed by atoms with Crippen molar-refractivity contribution in [2.75, 3.05) is 17.6 Å². The number of nitrogens with zero attached hydrogens (tertiary/aromatic N) is 4. The van der Waals surface area contributed by atoms with Gasteiger partial charge < -0.3 is 16.4 Å². The number of halogens is 7. The first-order valence-electron chi connectivity index (χ1n) is 9.80. The van der Waals surface area contributed by atoms with E-state index in [1.165, 1.54) is 36.7 Å². The van der Waals surface area contributed by atoms with Gasteiger partial charge in [0.15, 0.2) is 0 Å². The molecule has 0 saturated carbocycles. The molecule has 3 heterocycles. The van der Waals surface area contributed by atoms with E-state index >= 15 is 0 Å². The number of fused-ring (bicyclic) bond motifs is 1. The molecule has 0 aliphatic carbocycles. The van der Waals surface area contributed by atoms with Crippen molar-refractivity contribution in [1.29, 1.82) is 0 Å². The molecule has 0 bridgehead atoms. The molecule has 2 amide bonds. The summed E-state index contributed by atoms with van der Waals surface area (Å²) in [6.07, 6.45) is -5.69. The number of anilines is 2. The highest BCUT2D eigenvalue weighted by Crippen LogP contribution is 2.36. The standard InChI is InChI=1S/C21H15F6N7O.ClH/c22-20(23,24)10-31-19(35)32-13-3-1-2-11(6-13)15-9-29-16-7-12(4-5-34(15)16)17-14(21(25,26)27)8-30-18(28)33-17;/h1-9H,10H2,(H2,28,30,33)(H2,31,32,35);1H. The molecule has 4 N–H and O–H groups in total. The first-order chi connectivity index (χ1) is 16.4. The molecule has 0 spiro atoms. The van der Waals surface area contributed by atoms with Crippen LogP contribution in [0.5, 0.6) is 0 Å². The normalized spacial score (nSPS) is 11.7. The van der Waals surface area contributed by atoms with Crippen molar-refractivity contribution in [1.82, 2.24) is 24.7 Å². The van der Waals surface area contributed by atoms with Crippen LogP contribution in [0, 0.1) is 0 Å². The summed E-state index contributed by atoms with van der Waals surface area (Å²) < 4.78 is 78.6. The zero-order valence-corrected chi connectivity index (χ0v) is 18.7. The molecule has 0 fully saturated rings. The Bertz CT molecular complexity index is 1400. The van der Waals surface area contributed by atoms with E-state index in [2.05, 4.69) is 20.3 Å². The molecule has 36 heavy (non-hydrogen) atoms. The fraction of sp³-hybridized carbons (Fsp3) is 0.143. The maximum absolute atomic E-state index is 13.4. The van der Waals surface area contributed by atoms with Crippen molar-refractivity contribution >= 4 is 35.7 Å². The van der Waals surface area contributed by atoms with Gasteiger partial charge in [-0.15, -0.1) is 12.4 Å². The Morgan fingerprint density at radius 3 is 2.44 bits per heavy atom. The molecule has 8 nitrogen and oxygen atoms in total. The van der Waals surface area contributed by atoms with Crippen LogP contribution < -0.4 is 16.4 Å². The molecule has 1 aromatic carbocycles. The van der Waals surface area contributed by atoms with Crippen molar-refractivity contribution in [3.8, 4) is 22.5 Å². The average molecular weight is 532 g/mol. The maximum Gasteiger partial charge on any atom is 0.419 e. The van der Waals surface area contributed by atoms with Crippen molar-refractivity contribution in [3.05, 3.63) is 60.6 Å².